The van der Waals surface area contributed by atoms with E-state index in [1.807, 2.05) is 30.3 Å². The molecule has 21 heavy (non-hydrogen) atoms. The van der Waals surface area contributed by atoms with Gasteiger partial charge in [-0.1, -0.05) is 44.8 Å². The molecule has 2 aromatic rings. The van der Waals surface area contributed by atoms with Gasteiger partial charge in [-0.05, 0) is 59.7 Å². The van der Waals surface area contributed by atoms with Gasteiger partial charge >= 0.3 is 0 Å². The summed E-state index contributed by atoms with van der Waals surface area (Å²) in [5.74, 6) is 1.64. The number of nitrogens with one attached hydrogen (secondary N) is 1. The zero-order valence-corrected chi connectivity index (χ0v) is 16.5. The highest BCUT2D eigenvalue weighted by molar-refractivity contribution is 9.11. The minimum Gasteiger partial charge on any atom is -0.456 e. The molecule has 0 bridgehead atoms. The summed E-state index contributed by atoms with van der Waals surface area (Å²) >= 11 is 10.5. The number of benzene rings is 2. The second-order valence-electron chi connectivity index (χ2n) is 4.64. The van der Waals surface area contributed by atoms with E-state index in [1.165, 1.54) is 0 Å². The fourth-order valence-electron chi connectivity index (χ4n) is 2.05. The average molecular weight is 478 g/mol. The standard InChI is InChI=1S/C16H16Br3NO/c1-3-20-10(2)13-6-4-12(18)9-16(13)21-15-7-5-11(17)8-14(15)19/h4-10,20H,3H2,1-2H3. The first-order valence-electron chi connectivity index (χ1n) is 6.67. The molecule has 0 heterocycles. The Balaban J connectivity index is 2.35. The van der Waals surface area contributed by atoms with Crippen LogP contribution >= 0.6 is 47.8 Å². The Kier molecular flexibility index (Phi) is 6.29. The third-order valence-corrected chi connectivity index (χ3v) is 4.67. The van der Waals surface area contributed by atoms with E-state index in [2.05, 4.69) is 73.0 Å². The highest BCUT2D eigenvalue weighted by Gasteiger charge is 2.13. The van der Waals surface area contributed by atoms with E-state index in [9.17, 15) is 0 Å². The molecule has 1 atom stereocenters. The largest absolute Gasteiger partial charge is 0.456 e. The summed E-state index contributed by atoms with van der Waals surface area (Å²) in [5.41, 5.74) is 1.13. The van der Waals surface area contributed by atoms with Crippen LogP contribution in [0.5, 0.6) is 11.5 Å². The van der Waals surface area contributed by atoms with Crippen molar-refractivity contribution < 1.29 is 4.74 Å². The molecule has 0 aliphatic heterocycles. The van der Waals surface area contributed by atoms with Crippen LogP contribution in [0.25, 0.3) is 0 Å². The van der Waals surface area contributed by atoms with Gasteiger partial charge < -0.3 is 10.1 Å². The van der Waals surface area contributed by atoms with Crippen LogP contribution in [0.15, 0.2) is 49.8 Å². The summed E-state index contributed by atoms with van der Waals surface area (Å²) < 4.78 is 9.03. The van der Waals surface area contributed by atoms with Gasteiger partial charge in [0.25, 0.3) is 0 Å². The molecular weight excluding hydrogens is 462 g/mol. The maximum absolute atomic E-state index is 6.11. The van der Waals surface area contributed by atoms with Crippen LogP contribution < -0.4 is 10.1 Å². The van der Waals surface area contributed by atoms with E-state index < -0.39 is 0 Å². The number of halogens is 3. The first-order valence-corrected chi connectivity index (χ1v) is 9.05. The lowest BCUT2D eigenvalue weighted by Gasteiger charge is -2.18. The van der Waals surface area contributed by atoms with Crippen molar-refractivity contribution in [1.82, 2.24) is 5.32 Å². The SMILES string of the molecule is CCNC(C)c1ccc(Br)cc1Oc1ccc(Br)cc1Br. The van der Waals surface area contributed by atoms with Crippen molar-refractivity contribution in [2.45, 2.75) is 19.9 Å². The Labute approximate surface area is 150 Å². The van der Waals surface area contributed by atoms with Gasteiger partial charge in [-0.25, -0.2) is 0 Å². The maximum Gasteiger partial charge on any atom is 0.141 e. The topological polar surface area (TPSA) is 21.3 Å². The van der Waals surface area contributed by atoms with Crippen LogP contribution in [0.1, 0.15) is 25.5 Å². The predicted octanol–water partition coefficient (Wildman–Crippen LogP) is 6.44. The van der Waals surface area contributed by atoms with Crippen molar-refractivity contribution in [3.8, 4) is 11.5 Å². The summed E-state index contributed by atoms with van der Waals surface area (Å²) in [6, 6.07) is 12.2. The number of hydrogen-bond acceptors (Lipinski definition) is 2. The molecule has 0 spiro atoms. The van der Waals surface area contributed by atoms with Gasteiger partial charge in [0.1, 0.15) is 11.5 Å². The van der Waals surface area contributed by atoms with Crippen LogP contribution in [-0.4, -0.2) is 6.54 Å². The van der Waals surface area contributed by atoms with E-state index in [4.69, 9.17) is 4.74 Å². The Morgan fingerprint density at radius 3 is 2.33 bits per heavy atom. The molecule has 2 rings (SSSR count). The summed E-state index contributed by atoms with van der Waals surface area (Å²) in [5, 5.41) is 3.42. The first kappa shape index (κ1) is 17.0. The van der Waals surface area contributed by atoms with E-state index in [1.54, 1.807) is 0 Å². The average Bonchev–Trinajstić information content (AvgIpc) is 2.42. The van der Waals surface area contributed by atoms with E-state index in [-0.39, 0.29) is 6.04 Å². The Hall–Kier alpha value is -0.360. The lowest BCUT2D eigenvalue weighted by molar-refractivity contribution is 0.460. The quantitative estimate of drug-likeness (QED) is 0.535. The van der Waals surface area contributed by atoms with Crippen LogP contribution in [0.2, 0.25) is 0 Å². The van der Waals surface area contributed by atoms with Crippen molar-refractivity contribution in [1.29, 1.82) is 0 Å². The molecule has 0 saturated carbocycles. The van der Waals surface area contributed by atoms with Gasteiger partial charge in [0.2, 0.25) is 0 Å². The maximum atomic E-state index is 6.11. The minimum absolute atomic E-state index is 0.229. The lowest BCUT2D eigenvalue weighted by atomic mass is 10.1. The predicted molar refractivity (Wildman–Crippen MR) is 98.1 cm³/mol. The molecule has 1 unspecified atom stereocenters. The molecule has 5 heteroatoms. The molecule has 0 saturated heterocycles. The van der Waals surface area contributed by atoms with Crippen LogP contribution in [0.4, 0.5) is 0 Å². The molecule has 0 aliphatic carbocycles. The van der Waals surface area contributed by atoms with Gasteiger partial charge in [-0.3, -0.25) is 0 Å². The molecule has 0 aromatic heterocycles. The summed E-state index contributed by atoms with van der Waals surface area (Å²) in [7, 11) is 0. The summed E-state index contributed by atoms with van der Waals surface area (Å²) in [6.07, 6.45) is 0. The summed E-state index contributed by atoms with van der Waals surface area (Å²) in [6.45, 7) is 5.15. The smallest absolute Gasteiger partial charge is 0.141 e. The van der Waals surface area contributed by atoms with Gasteiger partial charge in [0.15, 0.2) is 0 Å². The van der Waals surface area contributed by atoms with Crippen molar-refractivity contribution >= 4 is 47.8 Å². The highest BCUT2D eigenvalue weighted by Crippen LogP contribution is 2.36. The van der Waals surface area contributed by atoms with E-state index >= 15 is 0 Å². The Morgan fingerprint density at radius 2 is 1.67 bits per heavy atom. The number of rotatable bonds is 5. The molecule has 2 aromatic carbocycles. The molecule has 0 aliphatic rings. The number of hydrogen-bond donors (Lipinski definition) is 1. The normalized spacial score (nSPS) is 12.2. The molecular formula is C16H16Br3NO. The lowest BCUT2D eigenvalue weighted by Crippen LogP contribution is -2.18. The molecule has 0 radical (unpaired) electrons. The van der Waals surface area contributed by atoms with Crippen LogP contribution in [-0.2, 0) is 0 Å². The highest BCUT2D eigenvalue weighted by atomic mass is 79.9. The zero-order chi connectivity index (χ0) is 15.4. The monoisotopic (exact) mass is 475 g/mol. The van der Waals surface area contributed by atoms with Gasteiger partial charge in [0.05, 0.1) is 4.47 Å². The molecule has 112 valence electrons. The molecule has 0 fully saturated rings. The third-order valence-electron chi connectivity index (χ3n) is 3.07. The van der Waals surface area contributed by atoms with Gasteiger partial charge in [-0.2, -0.15) is 0 Å². The fraction of sp³-hybridized carbons (Fsp3) is 0.250. The summed E-state index contributed by atoms with van der Waals surface area (Å²) in [4.78, 5) is 0. The number of ether oxygens (including phenoxy) is 1. The van der Waals surface area contributed by atoms with Crippen LogP contribution in [0.3, 0.4) is 0 Å². The van der Waals surface area contributed by atoms with Crippen molar-refractivity contribution in [3.63, 3.8) is 0 Å². The second-order valence-corrected chi connectivity index (χ2v) is 7.32. The van der Waals surface area contributed by atoms with E-state index in [0.717, 1.165) is 37.0 Å². The third kappa shape index (κ3) is 4.55. The minimum atomic E-state index is 0.229. The second kappa shape index (κ2) is 7.77. The van der Waals surface area contributed by atoms with Crippen LogP contribution in [0, 0.1) is 0 Å². The van der Waals surface area contributed by atoms with Gasteiger partial charge in [-0.15, -0.1) is 0 Å². The zero-order valence-electron chi connectivity index (χ0n) is 11.8. The van der Waals surface area contributed by atoms with Crippen molar-refractivity contribution in [2.75, 3.05) is 6.54 Å². The van der Waals surface area contributed by atoms with Gasteiger partial charge in [0, 0.05) is 20.6 Å². The Morgan fingerprint density at radius 1 is 1.00 bits per heavy atom. The fourth-order valence-corrected chi connectivity index (χ4v) is 3.51. The molecule has 1 N–H and O–H groups in total. The van der Waals surface area contributed by atoms with Crippen molar-refractivity contribution in [3.05, 3.63) is 55.4 Å². The molecule has 2 nitrogen and oxygen atoms in total. The van der Waals surface area contributed by atoms with Crippen molar-refractivity contribution in [2.24, 2.45) is 0 Å². The molecule has 0 amide bonds. The first-order chi connectivity index (χ1) is 10.0. The Bertz CT molecular complexity index is 631. The van der Waals surface area contributed by atoms with E-state index in [0.29, 0.717) is 0 Å².